The lowest BCUT2D eigenvalue weighted by atomic mass is 10.1. The standard InChI is InChI=1S/C20H28N4/c1-15-4-6-16(7-5-15)8-9-17-10-18(17)11-24-13-21-20-19(24)12-22(2)14-23(20)3/h4-7,12,17-18H,8-11,13-14H2,1-3H3. The number of hydrogen-bond donors (Lipinski definition) is 0. The quantitative estimate of drug-likeness (QED) is 0.831. The van der Waals surface area contributed by atoms with Gasteiger partial charge in [-0.3, -0.25) is 0 Å². The summed E-state index contributed by atoms with van der Waals surface area (Å²) in [4.78, 5) is 11.7. The fourth-order valence-corrected chi connectivity index (χ4v) is 3.99. The Hall–Kier alpha value is -1.97. The molecule has 0 radical (unpaired) electrons. The van der Waals surface area contributed by atoms with Crippen molar-refractivity contribution >= 4 is 5.84 Å². The summed E-state index contributed by atoms with van der Waals surface area (Å²) in [6.45, 7) is 5.08. The highest BCUT2D eigenvalue weighted by Gasteiger charge is 2.40. The second kappa shape index (κ2) is 6.15. The smallest absolute Gasteiger partial charge is 0.152 e. The zero-order valence-corrected chi connectivity index (χ0v) is 15.1. The average Bonchev–Trinajstić information content (AvgIpc) is 3.17. The Balaban J connectivity index is 1.28. The molecular formula is C20H28N4. The summed E-state index contributed by atoms with van der Waals surface area (Å²) in [5, 5.41) is 0. The van der Waals surface area contributed by atoms with Crippen LogP contribution in [0.15, 0.2) is 41.2 Å². The summed E-state index contributed by atoms with van der Waals surface area (Å²) < 4.78 is 0. The molecule has 0 amide bonds. The lowest BCUT2D eigenvalue weighted by Crippen LogP contribution is -2.42. The van der Waals surface area contributed by atoms with Crippen LogP contribution in [0.2, 0.25) is 0 Å². The van der Waals surface area contributed by atoms with Gasteiger partial charge in [0.2, 0.25) is 0 Å². The molecule has 2 aliphatic heterocycles. The minimum atomic E-state index is 0.834. The molecule has 4 heteroatoms. The van der Waals surface area contributed by atoms with Crippen molar-refractivity contribution in [1.82, 2.24) is 14.7 Å². The van der Waals surface area contributed by atoms with Crippen LogP contribution in [-0.2, 0) is 6.42 Å². The zero-order valence-electron chi connectivity index (χ0n) is 15.1. The lowest BCUT2D eigenvalue weighted by Gasteiger charge is -2.33. The molecule has 0 bridgehead atoms. The maximum Gasteiger partial charge on any atom is 0.152 e. The summed E-state index contributed by atoms with van der Waals surface area (Å²) in [6.07, 6.45) is 6.19. The van der Waals surface area contributed by atoms with E-state index in [1.807, 2.05) is 0 Å². The predicted molar refractivity (Wildman–Crippen MR) is 98.6 cm³/mol. The molecule has 1 aromatic rings. The van der Waals surface area contributed by atoms with Gasteiger partial charge in [0, 0.05) is 26.8 Å². The van der Waals surface area contributed by atoms with Crippen molar-refractivity contribution in [1.29, 1.82) is 0 Å². The first kappa shape index (κ1) is 15.6. The van der Waals surface area contributed by atoms with E-state index in [1.54, 1.807) is 0 Å². The molecule has 0 spiro atoms. The van der Waals surface area contributed by atoms with Gasteiger partial charge >= 0.3 is 0 Å². The first-order valence-corrected chi connectivity index (χ1v) is 9.08. The van der Waals surface area contributed by atoms with Gasteiger partial charge in [0.05, 0.1) is 12.4 Å². The minimum absolute atomic E-state index is 0.834. The Bertz CT molecular complexity index is 661. The van der Waals surface area contributed by atoms with E-state index in [0.29, 0.717) is 0 Å². The molecule has 2 heterocycles. The Morgan fingerprint density at radius 3 is 2.71 bits per heavy atom. The van der Waals surface area contributed by atoms with Gasteiger partial charge in [0.15, 0.2) is 5.84 Å². The predicted octanol–water partition coefficient (Wildman–Crippen LogP) is 2.91. The van der Waals surface area contributed by atoms with E-state index in [4.69, 9.17) is 4.99 Å². The molecule has 2 unspecified atom stereocenters. The van der Waals surface area contributed by atoms with Crippen LogP contribution in [0.5, 0.6) is 0 Å². The van der Waals surface area contributed by atoms with Crippen molar-refractivity contribution in [3.05, 3.63) is 47.3 Å². The summed E-state index contributed by atoms with van der Waals surface area (Å²) in [5.74, 6) is 2.92. The maximum atomic E-state index is 4.74. The van der Waals surface area contributed by atoms with E-state index in [2.05, 4.69) is 66.2 Å². The summed E-state index contributed by atoms with van der Waals surface area (Å²) >= 11 is 0. The molecule has 2 atom stereocenters. The largest absolute Gasteiger partial charge is 0.361 e. The van der Waals surface area contributed by atoms with E-state index in [-0.39, 0.29) is 0 Å². The minimum Gasteiger partial charge on any atom is -0.361 e. The Morgan fingerprint density at radius 2 is 1.92 bits per heavy atom. The highest BCUT2D eigenvalue weighted by molar-refractivity contribution is 5.99. The van der Waals surface area contributed by atoms with Gasteiger partial charge in [-0.2, -0.15) is 0 Å². The Labute approximate surface area is 145 Å². The van der Waals surface area contributed by atoms with Gasteiger partial charge in [0.25, 0.3) is 0 Å². The van der Waals surface area contributed by atoms with Crippen molar-refractivity contribution in [2.45, 2.75) is 26.2 Å². The average molecular weight is 324 g/mol. The van der Waals surface area contributed by atoms with Crippen LogP contribution in [-0.4, -0.2) is 54.5 Å². The van der Waals surface area contributed by atoms with Gasteiger partial charge in [-0.25, -0.2) is 4.99 Å². The lowest BCUT2D eigenvalue weighted by molar-refractivity contribution is 0.282. The van der Waals surface area contributed by atoms with Crippen LogP contribution < -0.4 is 0 Å². The fraction of sp³-hybridized carbons (Fsp3) is 0.550. The third-order valence-electron chi connectivity index (χ3n) is 5.55. The third-order valence-corrected chi connectivity index (χ3v) is 5.55. The molecule has 128 valence electrons. The summed E-state index contributed by atoms with van der Waals surface area (Å²) in [7, 11) is 4.27. The van der Waals surface area contributed by atoms with E-state index >= 15 is 0 Å². The molecule has 0 saturated heterocycles. The first-order chi connectivity index (χ1) is 11.6. The molecule has 1 aliphatic carbocycles. The number of aliphatic imine (C=N–C) groups is 1. The number of nitrogens with zero attached hydrogens (tertiary/aromatic N) is 4. The van der Waals surface area contributed by atoms with Crippen molar-refractivity contribution in [2.24, 2.45) is 16.8 Å². The second-order valence-electron chi connectivity index (χ2n) is 7.74. The maximum absolute atomic E-state index is 4.74. The number of likely N-dealkylation sites (N-methyl/N-ethyl adjacent to an activating group) is 1. The molecule has 4 rings (SSSR count). The normalized spacial score (nSPS) is 25.5. The van der Waals surface area contributed by atoms with Gasteiger partial charge in [0.1, 0.15) is 6.67 Å². The number of benzene rings is 1. The second-order valence-corrected chi connectivity index (χ2v) is 7.74. The van der Waals surface area contributed by atoms with E-state index in [9.17, 15) is 0 Å². The third kappa shape index (κ3) is 3.14. The highest BCUT2D eigenvalue weighted by Crippen LogP contribution is 2.43. The van der Waals surface area contributed by atoms with Crippen LogP contribution in [0, 0.1) is 18.8 Å². The number of rotatable bonds is 5. The molecular weight excluding hydrogens is 296 g/mol. The Kier molecular flexibility index (Phi) is 3.99. The Morgan fingerprint density at radius 1 is 1.12 bits per heavy atom. The zero-order chi connectivity index (χ0) is 16.7. The number of hydrogen-bond acceptors (Lipinski definition) is 4. The van der Waals surface area contributed by atoms with E-state index < -0.39 is 0 Å². The molecule has 24 heavy (non-hydrogen) atoms. The van der Waals surface area contributed by atoms with E-state index in [1.165, 1.54) is 48.5 Å². The topological polar surface area (TPSA) is 22.1 Å². The van der Waals surface area contributed by atoms with Crippen LogP contribution in [0.25, 0.3) is 0 Å². The monoisotopic (exact) mass is 324 g/mol. The number of aryl methyl sites for hydroxylation is 2. The number of amidine groups is 1. The van der Waals surface area contributed by atoms with Crippen LogP contribution in [0.4, 0.5) is 0 Å². The number of fused-ring (bicyclic) bond motifs is 1. The molecule has 0 N–H and O–H groups in total. The molecule has 4 nitrogen and oxygen atoms in total. The highest BCUT2D eigenvalue weighted by atomic mass is 15.4. The van der Waals surface area contributed by atoms with Gasteiger partial charge in [-0.15, -0.1) is 0 Å². The molecule has 3 aliphatic rings. The van der Waals surface area contributed by atoms with Crippen molar-refractivity contribution in [3.63, 3.8) is 0 Å². The van der Waals surface area contributed by atoms with Gasteiger partial charge < -0.3 is 14.7 Å². The van der Waals surface area contributed by atoms with Gasteiger partial charge in [-0.1, -0.05) is 29.8 Å². The molecule has 1 aromatic carbocycles. The summed E-state index contributed by atoms with van der Waals surface area (Å²) in [6, 6.07) is 9.02. The summed E-state index contributed by atoms with van der Waals surface area (Å²) in [5.41, 5.74) is 4.15. The molecule has 1 saturated carbocycles. The fourth-order valence-electron chi connectivity index (χ4n) is 3.99. The van der Waals surface area contributed by atoms with Crippen LogP contribution in [0.3, 0.4) is 0 Å². The van der Waals surface area contributed by atoms with Crippen molar-refractivity contribution in [2.75, 3.05) is 34.0 Å². The van der Waals surface area contributed by atoms with Crippen LogP contribution in [0.1, 0.15) is 24.0 Å². The van der Waals surface area contributed by atoms with Gasteiger partial charge in [-0.05, 0) is 43.6 Å². The SMILES string of the molecule is Cc1ccc(CCC2CC2CN2CN=C3C2=CN(C)CN3C)cc1. The van der Waals surface area contributed by atoms with Crippen molar-refractivity contribution in [3.8, 4) is 0 Å². The van der Waals surface area contributed by atoms with Crippen LogP contribution >= 0.6 is 0 Å². The van der Waals surface area contributed by atoms with Crippen molar-refractivity contribution < 1.29 is 0 Å². The molecule has 1 fully saturated rings. The molecule has 0 aromatic heterocycles. The van der Waals surface area contributed by atoms with E-state index in [0.717, 1.165) is 25.2 Å². The first-order valence-electron chi connectivity index (χ1n) is 9.08.